The molecule has 1 aromatic carbocycles. The van der Waals surface area contributed by atoms with Crippen molar-refractivity contribution >= 4 is 17.5 Å². The van der Waals surface area contributed by atoms with Crippen LogP contribution in [0.4, 0.5) is 5.69 Å². The van der Waals surface area contributed by atoms with Crippen LogP contribution in [0.15, 0.2) is 30.3 Å². The summed E-state index contributed by atoms with van der Waals surface area (Å²) < 4.78 is 0. The van der Waals surface area contributed by atoms with E-state index >= 15 is 0 Å². The summed E-state index contributed by atoms with van der Waals surface area (Å²) in [6.07, 6.45) is 3.78. The molecule has 1 aromatic rings. The predicted molar refractivity (Wildman–Crippen MR) is 99.4 cm³/mol. The Morgan fingerprint density at radius 1 is 1.20 bits per heavy atom. The Labute approximate surface area is 150 Å². The minimum absolute atomic E-state index is 0.114. The number of anilines is 1. The highest BCUT2D eigenvalue weighted by Gasteiger charge is 2.49. The molecule has 2 fully saturated rings. The number of likely N-dealkylation sites (N-methyl/N-ethyl adjacent to an activating group) is 1. The first kappa shape index (κ1) is 17.8. The third-order valence-electron chi connectivity index (χ3n) is 5.59. The normalized spacial score (nSPS) is 23.4. The lowest BCUT2D eigenvalue weighted by Gasteiger charge is -2.39. The van der Waals surface area contributed by atoms with Crippen molar-refractivity contribution in [3.05, 3.63) is 30.3 Å². The van der Waals surface area contributed by atoms with E-state index in [0.717, 1.165) is 44.5 Å². The maximum Gasteiger partial charge on any atom is 0.242 e. The van der Waals surface area contributed by atoms with E-state index in [4.69, 9.17) is 0 Å². The Bertz CT molecular complexity index is 617. The number of amides is 2. The van der Waals surface area contributed by atoms with Gasteiger partial charge in [-0.2, -0.15) is 0 Å². The van der Waals surface area contributed by atoms with Crippen LogP contribution in [0.25, 0.3) is 0 Å². The van der Waals surface area contributed by atoms with Crippen molar-refractivity contribution in [3.8, 4) is 0 Å². The second-order valence-corrected chi connectivity index (χ2v) is 7.43. The Morgan fingerprint density at radius 2 is 1.96 bits per heavy atom. The van der Waals surface area contributed by atoms with Gasteiger partial charge in [0.1, 0.15) is 0 Å². The molecule has 136 valence electrons. The third kappa shape index (κ3) is 3.65. The number of likely N-dealkylation sites (tertiary alicyclic amines) is 2. The molecule has 2 saturated heterocycles. The highest BCUT2D eigenvalue weighted by Crippen LogP contribution is 2.40. The molecule has 0 aromatic heterocycles. The van der Waals surface area contributed by atoms with Crippen LogP contribution in [0.2, 0.25) is 0 Å². The van der Waals surface area contributed by atoms with Crippen LogP contribution in [0, 0.1) is 5.41 Å². The zero-order chi connectivity index (χ0) is 17.9. The van der Waals surface area contributed by atoms with E-state index in [2.05, 4.69) is 6.92 Å². The first-order valence-corrected chi connectivity index (χ1v) is 9.39. The van der Waals surface area contributed by atoms with Crippen molar-refractivity contribution in [1.29, 1.82) is 0 Å². The van der Waals surface area contributed by atoms with Crippen LogP contribution < -0.4 is 4.90 Å². The van der Waals surface area contributed by atoms with Crippen LogP contribution in [0.1, 0.15) is 32.6 Å². The first-order chi connectivity index (χ1) is 12.1. The van der Waals surface area contributed by atoms with E-state index in [1.54, 1.807) is 0 Å². The van der Waals surface area contributed by atoms with E-state index in [1.165, 1.54) is 0 Å². The molecule has 2 heterocycles. The fourth-order valence-corrected chi connectivity index (χ4v) is 4.18. The van der Waals surface area contributed by atoms with Crippen LogP contribution in [0.5, 0.6) is 0 Å². The number of piperidine rings is 1. The quantitative estimate of drug-likeness (QED) is 0.824. The first-order valence-electron chi connectivity index (χ1n) is 9.39. The van der Waals surface area contributed by atoms with Gasteiger partial charge in [-0.1, -0.05) is 25.1 Å². The van der Waals surface area contributed by atoms with E-state index in [0.29, 0.717) is 19.6 Å². The molecule has 25 heavy (non-hydrogen) atoms. The largest absolute Gasteiger partial charge is 0.365 e. The number of rotatable bonds is 5. The number of carbonyl (C=O) groups is 2. The van der Waals surface area contributed by atoms with Crippen LogP contribution in [-0.4, -0.2) is 61.4 Å². The number of carbonyl (C=O) groups excluding carboxylic acids is 2. The lowest BCUT2D eigenvalue weighted by atomic mass is 9.78. The number of hydrogen-bond donors (Lipinski definition) is 0. The van der Waals surface area contributed by atoms with E-state index in [9.17, 15) is 9.59 Å². The minimum atomic E-state index is -0.325. The summed E-state index contributed by atoms with van der Waals surface area (Å²) in [5, 5.41) is 0. The van der Waals surface area contributed by atoms with Gasteiger partial charge in [-0.3, -0.25) is 9.59 Å². The zero-order valence-electron chi connectivity index (χ0n) is 15.4. The molecule has 3 rings (SSSR count). The van der Waals surface area contributed by atoms with Crippen LogP contribution >= 0.6 is 0 Å². The van der Waals surface area contributed by atoms with Gasteiger partial charge in [0.25, 0.3) is 0 Å². The summed E-state index contributed by atoms with van der Waals surface area (Å²) in [6, 6.07) is 9.94. The van der Waals surface area contributed by atoms with Gasteiger partial charge in [-0.25, -0.2) is 0 Å². The molecule has 0 unspecified atom stereocenters. The van der Waals surface area contributed by atoms with Gasteiger partial charge in [0.15, 0.2) is 0 Å². The van der Waals surface area contributed by atoms with Gasteiger partial charge >= 0.3 is 0 Å². The topological polar surface area (TPSA) is 43.9 Å². The van der Waals surface area contributed by atoms with Crippen molar-refractivity contribution in [2.75, 3.05) is 44.7 Å². The molecule has 2 aliphatic heterocycles. The molecule has 0 bridgehead atoms. The fourth-order valence-electron chi connectivity index (χ4n) is 4.18. The molecule has 0 radical (unpaired) electrons. The standard InChI is InChI=1S/C20H29N3O2/c1-3-12-22-13-7-10-20(19(22)25)11-14-23(16-20)18(24)15-21(2)17-8-5-4-6-9-17/h4-6,8-9H,3,7,10-16H2,1-2H3/t20-/m0/s1. The molecule has 1 spiro atoms. The van der Waals surface area contributed by atoms with E-state index < -0.39 is 0 Å². The number of hydrogen-bond acceptors (Lipinski definition) is 3. The summed E-state index contributed by atoms with van der Waals surface area (Å²) in [5.74, 6) is 0.385. The molecule has 2 amide bonds. The second-order valence-electron chi connectivity index (χ2n) is 7.43. The molecule has 5 heteroatoms. The predicted octanol–water partition coefficient (Wildman–Crippen LogP) is 2.37. The molecular formula is C20H29N3O2. The summed E-state index contributed by atoms with van der Waals surface area (Å²) >= 11 is 0. The highest BCUT2D eigenvalue weighted by molar-refractivity contribution is 5.87. The fraction of sp³-hybridized carbons (Fsp3) is 0.600. The number of nitrogens with zero attached hydrogens (tertiary/aromatic N) is 3. The lowest BCUT2D eigenvalue weighted by Crippen LogP contribution is -2.51. The smallest absolute Gasteiger partial charge is 0.242 e. The monoisotopic (exact) mass is 343 g/mol. The molecule has 0 N–H and O–H groups in total. The summed E-state index contributed by atoms with van der Waals surface area (Å²) in [5.41, 5.74) is 0.710. The Kier molecular flexibility index (Phi) is 5.30. The minimum Gasteiger partial charge on any atom is -0.365 e. The Morgan fingerprint density at radius 3 is 2.68 bits per heavy atom. The average Bonchev–Trinajstić information content (AvgIpc) is 3.05. The molecule has 0 saturated carbocycles. The zero-order valence-corrected chi connectivity index (χ0v) is 15.4. The van der Waals surface area contributed by atoms with Gasteiger partial charge in [-0.05, 0) is 37.8 Å². The average molecular weight is 343 g/mol. The van der Waals surface area contributed by atoms with Gasteiger partial charge < -0.3 is 14.7 Å². The molecule has 1 atom stereocenters. The van der Waals surface area contributed by atoms with Gasteiger partial charge in [-0.15, -0.1) is 0 Å². The lowest BCUT2D eigenvalue weighted by molar-refractivity contribution is -0.146. The third-order valence-corrected chi connectivity index (χ3v) is 5.59. The maximum atomic E-state index is 12.9. The van der Waals surface area contributed by atoms with Gasteiger partial charge in [0.05, 0.1) is 12.0 Å². The van der Waals surface area contributed by atoms with Crippen molar-refractivity contribution in [3.63, 3.8) is 0 Å². The molecular weight excluding hydrogens is 314 g/mol. The van der Waals surface area contributed by atoms with Gasteiger partial charge in [0.2, 0.25) is 11.8 Å². The van der Waals surface area contributed by atoms with E-state index in [1.807, 2.05) is 52.1 Å². The molecule has 2 aliphatic rings. The molecule has 5 nitrogen and oxygen atoms in total. The van der Waals surface area contributed by atoms with E-state index in [-0.39, 0.29) is 17.2 Å². The van der Waals surface area contributed by atoms with Gasteiger partial charge in [0, 0.05) is 38.9 Å². The van der Waals surface area contributed by atoms with Crippen LogP contribution in [-0.2, 0) is 9.59 Å². The summed E-state index contributed by atoms with van der Waals surface area (Å²) in [4.78, 5) is 31.5. The van der Waals surface area contributed by atoms with Crippen molar-refractivity contribution in [2.45, 2.75) is 32.6 Å². The molecule has 0 aliphatic carbocycles. The second kappa shape index (κ2) is 7.46. The number of para-hydroxylation sites is 1. The number of benzene rings is 1. The Balaban J connectivity index is 1.62. The van der Waals surface area contributed by atoms with Crippen molar-refractivity contribution in [1.82, 2.24) is 9.80 Å². The summed E-state index contributed by atoms with van der Waals surface area (Å²) in [7, 11) is 1.94. The Hall–Kier alpha value is -2.04. The summed E-state index contributed by atoms with van der Waals surface area (Å²) in [6.45, 7) is 5.47. The SMILES string of the molecule is CCCN1CCC[C@@]2(CCN(C(=O)CN(C)c3ccccc3)C2)C1=O. The van der Waals surface area contributed by atoms with Crippen molar-refractivity contribution < 1.29 is 9.59 Å². The maximum absolute atomic E-state index is 12.9. The highest BCUT2D eigenvalue weighted by atomic mass is 16.2. The van der Waals surface area contributed by atoms with Crippen LogP contribution in [0.3, 0.4) is 0 Å². The van der Waals surface area contributed by atoms with Crippen molar-refractivity contribution in [2.24, 2.45) is 5.41 Å².